The summed E-state index contributed by atoms with van der Waals surface area (Å²) < 4.78 is 27.7. The minimum atomic E-state index is -4.04. The molecule has 0 saturated carbocycles. The molecular weight excluding hydrogens is 364 g/mol. The van der Waals surface area contributed by atoms with Crippen LogP contribution < -0.4 is 0 Å². The zero-order valence-corrected chi connectivity index (χ0v) is 16.9. The highest BCUT2D eigenvalue weighted by Crippen LogP contribution is 2.29. The summed E-state index contributed by atoms with van der Waals surface area (Å²) in [5, 5.41) is 13.1. The van der Waals surface area contributed by atoms with Crippen LogP contribution in [0.15, 0.2) is 34.3 Å². The van der Waals surface area contributed by atoms with Gasteiger partial charge in [-0.05, 0) is 37.8 Å². The molecule has 8 heteroatoms. The van der Waals surface area contributed by atoms with Crippen molar-refractivity contribution in [2.24, 2.45) is 0 Å². The average molecular weight is 388 g/mol. The second kappa shape index (κ2) is 8.35. The molecule has 0 radical (unpaired) electrons. The van der Waals surface area contributed by atoms with E-state index >= 15 is 0 Å². The zero-order chi connectivity index (χ0) is 20.2. The number of carbonyl (C=O) groups is 1. The van der Waals surface area contributed by atoms with E-state index in [9.17, 15) is 18.5 Å². The Kier molecular flexibility index (Phi) is 6.39. The molecule has 1 amide bonds. The maximum Gasteiger partial charge on any atom is 0.344 e. The van der Waals surface area contributed by atoms with E-state index in [4.69, 9.17) is 0 Å². The molecule has 144 valence electrons. The Hall–Kier alpha value is -2.66. The largest absolute Gasteiger partial charge is 0.344 e. The van der Waals surface area contributed by atoms with Crippen LogP contribution in [-0.4, -0.2) is 42.2 Å². The summed E-state index contributed by atoms with van der Waals surface area (Å²) in [6.07, 6.45) is 2.25. The molecule has 0 unspecified atom stereocenters. The summed E-state index contributed by atoms with van der Waals surface area (Å²) in [5.41, 5.74) is 1.20. The number of rotatable bonds is 6. The summed E-state index contributed by atoms with van der Waals surface area (Å²) in [6.45, 7) is 8.30. The standard InChI is InChI=1S/C19H24N4O3S/c1-5-14-10-9-11-15(6-2)17(14)27(25,26)18-16(12-20)13-23(21-18)19(24)22(7-3)8-4/h9-11,13H,5-8H2,1-4H3. The average Bonchev–Trinajstić information content (AvgIpc) is 3.13. The van der Waals surface area contributed by atoms with Crippen LogP contribution in [0.2, 0.25) is 0 Å². The van der Waals surface area contributed by atoms with Crippen molar-refractivity contribution in [2.75, 3.05) is 13.1 Å². The Bertz CT molecular complexity index is 961. The van der Waals surface area contributed by atoms with Gasteiger partial charge >= 0.3 is 6.03 Å². The fourth-order valence-corrected chi connectivity index (χ4v) is 4.90. The molecule has 0 aliphatic heterocycles. The number of benzene rings is 1. The van der Waals surface area contributed by atoms with Crippen LogP contribution in [0, 0.1) is 11.3 Å². The van der Waals surface area contributed by atoms with Gasteiger partial charge in [0.15, 0.2) is 5.03 Å². The van der Waals surface area contributed by atoms with Gasteiger partial charge in [-0.15, -0.1) is 0 Å². The fraction of sp³-hybridized carbons (Fsp3) is 0.421. The lowest BCUT2D eigenvalue weighted by Crippen LogP contribution is -2.34. The number of carbonyl (C=O) groups excluding carboxylic acids is 1. The number of sulfone groups is 1. The summed E-state index contributed by atoms with van der Waals surface area (Å²) in [7, 11) is -4.04. The summed E-state index contributed by atoms with van der Waals surface area (Å²) in [6, 6.07) is 6.75. The first-order valence-corrected chi connectivity index (χ1v) is 10.5. The van der Waals surface area contributed by atoms with Crippen molar-refractivity contribution >= 4 is 15.9 Å². The van der Waals surface area contributed by atoms with E-state index < -0.39 is 15.9 Å². The second-order valence-electron chi connectivity index (χ2n) is 5.98. The van der Waals surface area contributed by atoms with E-state index in [-0.39, 0.29) is 15.5 Å². The van der Waals surface area contributed by atoms with Crippen molar-refractivity contribution in [3.05, 3.63) is 41.1 Å². The first-order chi connectivity index (χ1) is 12.8. The molecule has 0 fully saturated rings. The number of hydrogen-bond donors (Lipinski definition) is 0. The van der Waals surface area contributed by atoms with Gasteiger partial charge in [-0.3, -0.25) is 0 Å². The predicted octanol–water partition coefficient (Wildman–Crippen LogP) is 3.02. The third-order valence-electron chi connectivity index (χ3n) is 4.49. The number of aromatic nitrogens is 2. The predicted molar refractivity (Wildman–Crippen MR) is 101 cm³/mol. The summed E-state index contributed by atoms with van der Waals surface area (Å²) in [4.78, 5) is 14.2. The normalized spacial score (nSPS) is 11.2. The lowest BCUT2D eigenvalue weighted by atomic mass is 10.1. The number of nitrogens with zero attached hydrogens (tertiary/aromatic N) is 4. The third-order valence-corrected chi connectivity index (χ3v) is 6.37. The van der Waals surface area contributed by atoms with Gasteiger partial charge in [-0.25, -0.2) is 13.2 Å². The molecule has 27 heavy (non-hydrogen) atoms. The third kappa shape index (κ3) is 3.74. The molecule has 0 saturated heterocycles. The number of hydrogen-bond acceptors (Lipinski definition) is 5. The van der Waals surface area contributed by atoms with E-state index in [0.717, 1.165) is 4.68 Å². The molecule has 2 rings (SSSR count). The van der Waals surface area contributed by atoms with Gasteiger partial charge in [-0.2, -0.15) is 15.0 Å². The molecule has 0 N–H and O–H groups in total. The van der Waals surface area contributed by atoms with Gasteiger partial charge in [0.1, 0.15) is 11.6 Å². The quantitative estimate of drug-likeness (QED) is 0.758. The Morgan fingerprint density at radius 2 is 1.70 bits per heavy atom. The highest BCUT2D eigenvalue weighted by molar-refractivity contribution is 7.91. The monoisotopic (exact) mass is 388 g/mol. The highest BCUT2D eigenvalue weighted by atomic mass is 32.2. The maximum absolute atomic E-state index is 13.4. The van der Waals surface area contributed by atoms with Crippen LogP contribution in [-0.2, 0) is 22.7 Å². The SMILES string of the molecule is CCc1cccc(CC)c1S(=O)(=O)c1nn(C(=O)N(CC)CC)cc1C#N. The van der Waals surface area contributed by atoms with Gasteiger partial charge in [-0.1, -0.05) is 32.0 Å². The first-order valence-electron chi connectivity index (χ1n) is 9.00. The van der Waals surface area contributed by atoms with E-state index in [1.54, 1.807) is 12.1 Å². The van der Waals surface area contributed by atoms with Crippen molar-refractivity contribution in [1.82, 2.24) is 14.7 Å². The minimum absolute atomic E-state index is 0.136. The van der Waals surface area contributed by atoms with Gasteiger partial charge < -0.3 is 4.90 Å². The van der Waals surface area contributed by atoms with E-state index in [1.165, 1.54) is 11.1 Å². The van der Waals surface area contributed by atoms with E-state index in [0.29, 0.717) is 37.1 Å². The lowest BCUT2D eigenvalue weighted by molar-refractivity contribution is 0.201. The Morgan fingerprint density at radius 1 is 1.15 bits per heavy atom. The molecular formula is C19H24N4O3S. The van der Waals surface area contributed by atoms with Gasteiger partial charge in [0, 0.05) is 13.1 Å². The van der Waals surface area contributed by atoms with E-state index in [2.05, 4.69) is 5.10 Å². The molecule has 0 spiro atoms. The number of aryl methyl sites for hydroxylation is 2. The Balaban J connectivity index is 2.69. The van der Waals surface area contributed by atoms with Crippen molar-refractivity contribution in [2.45, 2.75) is 50.5 Å². The molecule has 1 aromatic heterocycles. The molecule has 1 aromatic carbocycles. The van der Waals surface area contributed by atoms with Crippen molar-refractivity contribution in [3.8, 4) is 6.07 Å². The van der Waals surface area contributed by atoms with Crippen LogP contribution in [0.1, 0.15) is 44.4 Å². The number of amides is 1. The summed E-state index contributed by atoms with van der Waals surface area (Å²) >= 11 is 0. The van der Waals surface area contributed by atoms with Crippen LogP contribution in [0.3, 0.4) is 0 Å². The number of nitriles is 1. The Labute approximate surface area is 160 Å². The van der Waals surface area contributed by atoms with Gasteiger partial charge in [0.2, 0.25) is 9.84 Å². The molecule has 7 nitrogen and oxygen atoms in total. The van der Waals surface area contributed by atoms with Crippen LogP contribution in [0.25, 0.3) is 0 Å². The van der Waals surface area contributed by atoms with Crippen molar-refractivity contribution in [1.29, 1.82) is 5.26 Å². The van der Waals surface area contributed by atoms with E-state index in [1.807, 2.05) is 39.8 Å². The van der Waals surface area contributed by atoms with Crippen LogP contribution >= 0.6 is 0 Å². The van der Waals surface area contributed by atoms with Crippen LogP contribution in [0.5, 0.6) is 0 Å². The fourth-order valence-electron chi connectivity index (χ4n) is 3.01. The molecule has 0 bridgehead atoms. The lowest BCUT2D eigenvalue weighted by Gasteiger charge is -2.17. The second-order valence-corrected chi connectivity index (χ2v) is 7.78. The van der Waals surface area contributed by atoms with Gasteiger partial charge in [0.25, 0.3) is 0 Å². The molecule has 0 aliphatic rings. The highest BCUT2D eigenvalue weighted by Gasteiger charge is 2.31. The minimum Gasteiger partial charge on any atom is -0.323 e. The molecule has 1 heterocycles. The summed E-state index contributed by atoms with van der Waals surface area (Å²) in [5.74, 6) is 0. The molecule has 0 aliphatic carbocycles. The molecule has 2 aromatic rings. The maximum atomic E-state index is 13.4. The van der Waals surface area contributed by atoms with Crippen molar-refractivity contribution in [3.63, 3.8) is 0 Å². The Morgan fingerprint density at radius 3 is 2.15 bits per heavy atom. The first kappa shape index (κ1) is 20.6. The molecule has 0 atom stereocenters. The van der Waals surface area contributed by atoms with Crippen molar-refractivity contribution < 1.29 is 13.2 Å². The topological polar surface area (TPSA) is 96.1 Å². The van der Waals surface area contributed by atoms with Crippen LogP contribution in [0.4, 0.5) is 4.79 Å². The smallest absolute Gasteiger partial charge is 0.323 e. The van der Waals surface area contributed by atoms with Gasteiger partial charge in [0.05, 0.1) is 11.1 Å². The zero-order valence-electron chi connectivity index (χ0n) is 16.1.